The van der Waals surface area contributed by atoms with E-state index >= 15 is 0 Å². The summed E-state index contributed by atoms with van der Waals surface area (Å²) in [5.41, 5.74) is 9.78. The van der Waals surface area contributed by atoms with Gasteiger partial charge in [0.15, 0.2) is 0 Å². The van der Waals surface area contributed by atoms with Crippen LogP contribution < -0.4 is 10.6 Å². The Kier molecular flexibility index (Phi) is 4.35. The van der Waals surface area contributed by atoms with Crippen LogP contribution in [0, 0.1) is 6.92 Å². The van der Waals surface area contributed by atoms with Crippen molar-refractivity contribution in [2.45, 2.75) is 31.6 Å². The number of rotatable bonds is 3. The van der Waals surface area contributed by atoms with Gasteiger partial charge in [0.25, 0.3) is 0 Å². The lowest BCUT2D eigenvalue weighted by atomic mass is 10.0. The van der Waals surface area contributed by atoms with Gasteiger partial charge in [-0.2, -0.15) is 11.8 Å². The molecule has 94 valence electrons. The first-order valence-electron chi connectivity index (χ1n) is 6.32. The molecule has 1 aromatic carbocycles. The molecular formula is C14H22N2S. The van der Waals surface area contributed by atoms with Gasteiger partial charge >= 0.3 is 0 Å². The van der Waals surface area contributed by atoms with E-state index in [4.69, 9.17) is 5.73 Å². The van der Waals surface area contributed by atoms with Gasteiger partial charge in [-0.3, -0.25) is 0 Å². The summed E-state index contributed by atoms with van der Waals surface area (Å²) < 4.78 is 0. The molecule has 1 aliphatic heterocycles. The van der Waals surface area contributed by atoms with Crippen LogP contribution in [0.5, 0.6) is 0 Å². The summed E-state index contributed by atoms with van der Waals surface area (Å²) in [5.74, 6) is 0. The zero-order valence-corrected chi connectivity index (χ0v) is 11.6. The molecule has 2 rings (SSSR count). The van der Waals surface area contributed by atoms with E-state index in [1.54, 1.807) is 0 Å². The molecule has 1 aliphatic rings. The molecule has 1 heterocycles. The van der Waals surface area contributed by atoms with Crippen LogP contribution in [-0.2, 0) is 6.54 Å². The lowest BCUT2D eigenvalue weighted by molar-refractivity contribution is 0.590. The van der Waals surface area contributed by atoms with Crippen molar-refractivity contribution in [1.29, 1.82) is 0 Å². The van der Waals surface area contributed by atoms with Crippen molar-refractivity contribution in [2.24, 2.45) is 5.73 Å². The highest BCUT2D eigenvalue weighted by Crippen LogP contribution is 2.28. The van der Waals surface area contributed by atoms with Crippen molar-refractivity contribution in [3.8, 4) is 0 Å². The predicted octanol–water partition coefficient (Wildman–Crippen LogP) is 2.79. The Labute approximate surface area is 109 Å². The normalized spacial score (nSPS) is 17.5. The maximum Gasteiger partial charge on any atom is 0.0414 e. The van der Waals surface area contributed by atoms with Gasteiger partial charge in [0.2, 0.25) is 0 Å². The van der Waals surface area contributed by atoms with Gasteiger partial charge < -0.3 is 10.6 Å². The monoisotopic (exact) mass is 250 g/mol. The van der Waals surface area contributed by atoms with Crippen molar-refractivity contribution in [2.75, 3.05) is 24.2 Å². The SMILES string of the molecule is CSC1CCN(c2cc(C)ccc2CN)CC1. The minimum Gasteiger partial charge on any atom is -0.371 e. The molecule has 0 saturated carbocycles. The number of piperidine rings is 1. The van der Waals surface area contributed by atoms with Gasteiger partial charge in [-0.1, -0.05) is 12.1 Å². The van der Waals surface area contributed by atoms with Gasteiger partial charge in [-0.15, -0.1) is 0 Å². The largest absolute Gasteiger partial charge is 0.371 e. The standard InChI is InChI=1S/C14H22N2S/c1-11-3-4-12(10-15)14(9-11)16-7-5-13(17-2)6-8-16/h3-4,9,13H,5-8,10,15H2,1-2H3. The Morgan fingerprint density at radius 2 is 2.06 bits per heavy atom. The third-order valence-corrected chi connectivity index (χ3v) is 4.71. The molecule has 0 amide bonds. The van der Waals surface area contributed by atoms with Gasteiger partial charge in [0.05, 0.1) is 0 Å². The Morgan fingerprint density at radius 1 is 1.35 bits per heavy atom. The molecule has 1 fully saturated rings. The van der Waals surface area contributed by atoms with E-state index in [1.807, 2.05) is 11.8 Å². The highest BCUT2D eigenvalue weighted by Gasteiger charge is 2.19. The summed E-state index contributed by atoms with van der Waals surface area (Å²) in [7, 11) is 0. The molecule has 2 nitrogen and oxygen atoms in total. The highest BCUT2D eigenvalue weighted by atomic mass is 32.2. The maximum atomic E-state index is 5.83. The number of hydrogen-bond donors (Lipinski definition) is 1. The van der Waals surface area contributed by atoms with Gasteiger partial charge in [-0.05, 0) is 43.2 Å². The number of benzene rings is 1. The Balaban J connectivity index is 2.14. The first-order valence-corrected chi connectivity index (χ1v) is 7.60. The van der Waals surface area contributed by atoms with Crippen LogP contribution in [0.25, 0.3) is 0 Å². The average Bonchev–Trinajstić information content (AvgIpc) is 2.39. The summed E-state index contributed by atoms with van der Waals surface area (Å²) in [4.78, 5) is 2.50. The first kappa shape index (κ1) is 12.8. The Hall–Kier alpha value is -0.670. The van der Waals surface area contributed by atoms with E-state index in [0.29, 0.717) is 6.54 Å². The molecule has 2 N–H and O–H groups in total. The molecule has 0 spiro atoms. The topological polar surface area (TPSA) is 29.3 Å². The number of anilines is 1. The van der Waals surface area contributed by atoms with Crippen molar-refractivity contribution in [3.05, 3.63) is 29.3 Å². The van der Waals surface area contributed by atoms with E-state index in [0.717, 1.165) is 5.25 Å². The van der Waals surface area contributed by atoms with Crippen molar-refractivity contribution < 1.29 is 0 Å². The van der Waals surface area contributed by atoms with E-state index in [9.17, 15) is 0 Å². The zero-order chi connectivity index (χ0) is 12.3. The zero-order valence-electron chi connectivity index (χ0n) is 10.8. The van der Waals surface area contributed by atoms with Crippen LogP contribution in [-0.4, -0.2) is 24.6 Å². The highest BCUT2D eigenvalue weighted by molar-refractivity contribution is 7.99. The molecule has 1 aromatic rings. The molecule has 0 radical (unpaired) electrons. The third-order valence-electron chi connectivity index (χ3n) is 3.58. The fourth-order valence-electron chi connectivity index (χ4n) is 2.47. The maximum absolute atomic E-state index is 5.83. The molecular weight excluding hydrogens is 228 g/mol. The number of hydrogen-bond acceptors (Lipinski definition) is 3. The average molecular weight is 250 g/mol. The minimum atomic E-state index is 0.637. The molecule has 1 saturated heterocycles. The fourth-order valence-corrected chi connectivity index (χ4v) is 3.16. The third kappa shape index (κ3) is 2.96. The lowest BCUT2D eigenvalue weighted by Gasteiger charge is -2.34. The quantitative estimate of drug-likeness (QED) is 0.894. The van der Waals surface area contributed by atoms with E-state index < -0.39 is 0 Å². The number of nitrogens with zero attached hydrogens (tertiary/aromatic N) is 1. The van der Waals surface area contributed by atoms with Crippen LogP contribution in [0.2, 0.25) is 0 Å². The molecule has 0 aliphatic carbocycles. The smallest absolute Gasteiger partial charge is 0.0414 e. The van der Waals surface area contributed by atoms with Crippen LogP contribution in [0.3, 0.4) is 0 Å². The fraction of sp³-hybridized carbons (Fsp3) is 0.571. The summed E-state index contributed by atoms with van der Waals surface area (Å²) in [6.07, 6.45) is 4.80. The number of thioether (sulfide) groups is 1. The summed E-state index contributed by atoms with van der Waals surface area (Å²) in [6, 6.07) is 6.60. The molecule has 17 heavy (non-hydrogen) atoms. The number of nitrogens with two attached hydrogens (primary N) is 1. The van der Waals surface area contributed by atoms with Crippen LogP contribution in [0.15, 0.2) is 18.2 Å². The minimum absolute atomic E-state index is 0.637. The summed E-state index contributed by atoms with van der Waals surface area (Å²) in [6.45, 7) is 5.13. The van der Waals surface area contributed by atoms with E-state index in [2.05, 4.69) is 36.3 Å². The molecule has 0 unspecified atom stereocenters. The number of aryl methyl sites for hydroxylation is 1. The van der Waals surface area contributed by atoms with Crippen LogP contribution >= 0.6 is 11.8 Å². The van der Waals surface area contributed by atoms with Gasteiger partial charge in [0.1, 0.15) is 0 Å². The molecule has 3 heteroatoms. The van der Waals surface area contributed by atoms with E-state index in [1.165, 1.54) is 42.7 Å². The first-order chi connectivity index (χ1) is 8.24. The summed E-state index contributed by atoms with van der Waals surface area (Å²) in [5, 5.41) is 0.845. The van der Waals surface area contributed by atoms with Crippen molar-refractivity contribution in [1.82, 2.24) is 0 Å². The Morgan fingerprint density at radius 3 is 2.65 bits per heavy atom. The van der Waals surface area contributed by atoms with E-state index in [-0.39, 0.29) is 0 Å². The second-order valence-corrected chi connectivity index (χ2v) is 5.90. The van der Waals surface area contributed by atoms with Gasteiger partial charge in [0, 0.05) is 30.6 Å². The Bertz CT molecular complexity index is 370. The van der Waals surface area contributed by atoms with Crippen LogP contribution in [0.1, 0.15) is 24.0 Å². The predicted molar refractivity (Wildman–Crippen MR) is 77.8 cm³/mol. The summed E-state index contributed by atoms with van der Waals surface area (Å²) >= 11 is 2.00. The van der Waals surface area contributed by atoms with Crippen LogP contribution in [0.4, 0.5) is 5.69 Å². The second-order valence-electron chi connectivity index (χ2n) is 4.76. The van der Waals surface area contributed by atoms with Crippen molar-refractivity contribution in [3.63, 3.8) is 0 Å². The van der Waals surface area contributed by atoms with Gasteiger partial charge in [-0.25, -0.2) is 0 Å². The molecule has 0 bridgehead atoms. The molecule has 0 aromatic heterocycles. The lowest BCUT2D eigenvalue weighted by Crippen LogP contribution is -2.35. The molecule has 0 atom stereocenters. The second kappa shape index (κ2) is 5.78. The van der Waals surface area contributed by atoms with Crippen molar-refractivity contribution >= 4 is 17.4 Å².